The van der Waals surface area contributed by atoms with Gasteiger partial charge in [0, 0.05) is 12.1 Å². The third kappa shape index (κ3) is 5.47. The zero-order chi connectivity index (χ0) is 26.7. The summed E-state index contributed by atoms with van der Waals surface area (Å²) >= 11 is 5.18. The SMILES string of the molecule is COc1ccc(N2C(=O)/C(=C\c3cccc(OS(=O)(=O)c4ccc([N+](=O)[O-])cc4)c3)C(=O)NC2=S)cc1. The number of nitrogens with zero attached hydrogens (tertiary/aromatic N) is 2. The van der Waals surface area contributed by atoms with Crippen molar-refractivity contribution in [2.45, 2.75) is 4.90 Å². The second kappa shape index (κ2) is 10.2. The monoisotopic (exact) mass is 539 g/mol. The number of hydrogen-bond donors (Lipinski definition) is 1. The van der Waals surface area contributed by atoms with Gasteiger partial charge in [-0.25, -0.2) is 0 Å². The van der Waals surface area contributed by atoms with Crippen LogP contribution in [0, 0.1) is 10.1 Å². The molecule has 0 spiro atoms. The van der Waals surface area contributed by atoms with Crippen LogP contribution >= 0.6 is 12.2 Å². The highest BCUT2D eigenvalue weighted by Gasteiger charge is 2.34. The fraction of sp³-hybridized carbons (Fsp3) is 0.0417. The third-order valence-electron chi connectivity index (χ3n) is 5.14. The lowest BCUT2D eigenvalue weighted by molar-refractivity contribution is -0.384. The van der Waals surface area contributed by atoms with E-state index in [0.29, 0.717) is 17.0 Å². The van der Waals surface area contributed by atoms with Crippen molar-refractivity contribution in [3.8, 4) is 11.5 Å². The van der Waals surface area contributed by atoms with E-state index < -0.39 is 26.9 Å². The molecule has 1 aliphatic heterocycles. The maximum absolute atomic E-state index is 13.2. The first kappa shape index (κ1) is 25.5. The standard InChI is InChI=1S/C24H17N3O8S2/c1-34-18-9-5-16(6-10-18)26-23(29)21(22(28)25-24(26)36)14-15-3-2-4-19(13-15)35-37(32,33)20-11-7-17(8-12-20)27(30)31/h2-14H,1H3,(H,25,28,36)/b21-14-. The highest BCUT2D eigenvalue weighted by Crippen LogP contribution is 2.26. The number of nitrogens with one attached hydrogen (secondary N) is 1. The summed E-state index contributed by atoms with van der Waals surface area (Å²) in [6, 6.07) is 16.4. The minimum absolute atomic E-state index is 0.0939. The summed E-state index contributed by atoms with van der Waals surface area (Å²) in [6.45, 7) is 0. The van der Waals surface area contributed by atoms with E-state index in [1.54, 1.807) is 30.3 Å². The predicted octanol–water partition coefficient (Wildman–Crippen LogP) is 3.20. The molecule has 1 fully saturated rings. The van der Waals surface area contributed by atoms with Crippen molar-refractivity contribution in [3.63, 3.8) is 0 Å². The molecule has 188 valence electrons. The Morgan fingerprint density at radius 1 is 1.00 bits per heavy atom. The fourth-order valence-electron chi connectivity index (χ4n) is 3.36. The number of thiocarbonyl (C=S) groups is 1. The van der Waals surface area contributed by atoms with Gasteiger partial charge in [0.05, 0.1) is 17.7 Å². The predicted molar refractivity (Wildman–Crippen MR) is 137 cm³/mol. The van der Waals surface area contributed by atoms with Crippen LogP contribution in [0.5, 0.6) is 11.5 Å². The Kier molecular flexibility index (Phi) is 7.00. The fourth-order valence-corrected chi connectivity index (χ4v) is 4.56. The van der Waals surface area contributed by atoms with Crippen molar-refractivity contribution in [1.29, 1.82) is 0 Å². The van der Waals surface area contributed by atoms with E-state index in [9.17, 15) is 28.1 Å². The van der Waals surface area contributed by atoms with Gasteiger partial charge in [-0.1, -0.05) is 12.1 Å². The number of anilines is 1. The average molecular weight is 540 g/mol. The van der Waals surface area contributed by atoms with Crippen LogP contribution in [0.15, 0.2) is 83.3 Å². The second-order valence-corrected chi connectivity index (χ2v) is 9.45. The summed E-state index contributed by atoms with van der Waals surface area (Å²) < 4.78 is 35.5. The molecule has 1 aliphatic rings. The van der Waals surface area contributed by atoms with Gasteiger partial charge in [-0.05, 0) is 72.4 Å². The third-order valence-corrected chi connectivity index (χ3v) is 6.69. The van der Waals surface area contributed by atoms with Gasteiger partial charge in [0.2, 0.25) is 0 Å². The molecule has 13 heteroatoms. The molecule has 37 heavy (non-hydrogen) atoms. The quantitative estimate of drug-likeness (QED) is 0.119. The molecule has 3 aromatic rings. The van der Waals surface area contributed by atoms with Crippen molar-refractivity contribution < 1.29 is 31.9 Å². The Balaban J connectivity index is 1.60. The van der Waals surface area contributed by atoms with Gasteiger partial charge in [0.1, 0.15) is 22.0 Å². The highest BCUT2D eigenvalue weighted by molar-refractivity contribution is 7.87. The van der Waals surface area contributed by atoms with Crippen molar-refractivity contribution in [3.05, 3.63) is 94.0 Å². The Bertz CT molecular complexity index is 1550. The van der Waals surface area contributed by atoms with Gasteiger partial charge in [-0.15, -0.1) is 0 Å². The van der Waals surface area contributed by atoms with Crippen molar-refractivity contribution in [2.75, 3.05) is 12.0 Å². The topological polar surface area (TPSA) is 145 Å². The van der Waals surface area contributed by atoms with E-state index >= 15 is 0 Å². The molecule has 2 amide bonds. The number of benzene rings is 3. The Morgan fingerprint density at radius 3 is 2.30 bits per heavy atom. The minimum atomic E-state index is -4.31. The molecular formula is C24H17N3O8S2. The van der Waals surface area contributed by atoms with E-state index in [1.807, 2.05) is 0 Å². The molecule has 0 radical (unpaired) electrons. The lowest BCUT2D eigenvalue weighted by Gasteiger charge is -2.29. The van der Waals surface area contributed by atoms with Crippen LogP contribution in [0.3, 0.4) is 0 Å². The van der Waals surface area contributed by atoms with Gasteiger partial charge in [-0.2, -0.15) is 8.42 Å². The second-order valence-electron chi connectivity index (χ2n) is 7.52. The molecule has 4 rings (SSSR count). The van der Waals surface area contributed by atoms with Crippen LogP contribution in [0.4, 0.5) is 11.4 Å². The van der Waals surface area contributed by atoms with E-state index in [0.717, 1.165) is 29.2 Å². The molecule has 0 aromatic heterocycles. The molecule has 11 nitrogen and oxygen atoms in total. The van der Waals surface area contributed by atoms with E-state index in [1.165, 1.54) is 31.4 Å². The zero-order valence-corrected chi connectivity index (χ0v) is 20.6. The van der Waals surface area contributed by atoms with Crippen LogP contribution in [0.2, 0.25) is 0 Å². The summed E-state index contributed by atoms with van der Waals surface area (Å²) in [5.41, 5.74) is 0.205. The number of nitro groups is 1. The number of carbonyl (C=O) groups is 2. The largest absolute Gasteiger partial charge is 0.497 e. The minimum Gasteiger partial charge on any atom is -0.497 e. The molecule has 0 unspecified atom stereocenters. The average Bonchev–Trinajstić information content (AvgIpc) is 2.87. The molecule has 1 heterocycles. The number of carbonyl (C=O) groups excluding carboxylic acids is 2. The Labute approximate surface area is 216 Å². The summed E-state index contributed by atoms with van der Waals surface area (Å²) in [5.74, 6) is -0.924. The number of amides is 2. The van der Waals surface area contributed by atoms with E-state index in [-0.39, 0.29) is 27.0 Å². The van der Waals surface area contributed by atoms with Gasteiger partial charge in [0.25, 0.3) is 17.5 Å². The first-order valence-electron chi connectivity index (χ1n) is 10.4. The maximum atomic E-state index is 13.2. The van der Waals surface area contributed by atoms with Crippen LogP contribution < -0.4 is 19.1 Å². The van der Waals surface area contributed by atoms with Crippen LogP contribution in [0.1, 0.15) is 5.56 Å². The van der Waals surface area contributed by atoms with Crippen LogP contribution in [0.25, 0.3) is 6.08 Å². The summed E-state index contributed by atoms with van der Waals surface area (Å²) in [6.07, 6.45) is 1.28. The zero-order valence-electron chi connectivity index (χ0n) is 19.0. The first-order chi connectivity index (χ1) is 17.6. The van der Waals surface area contributed by atoms with Gasteiger partial charge < -0.3 is 8.92 Å². The number of hydrogen-bond acceptors (Lipinski definition) is 9. The Hall–Kier alpha value is -4.62. The number of nitro benzene ring substituents is 1. The van der Waals surface area contributed by atoms with Crippen molar-refractivity contribution in [1.82, 2.24) is 5.32 Å². The molecule has 3 aromatic carbocycles. The van der Waals surface area contributed by atoms with Gasteiger partial charge >= 0.3 is 10.1 Å². The van der Waals surface area contributed by atoms with E-state index in [4.69, 9.17) is 21.1 Å². The van der Waals surface area contributed by atoms with Crippen molar-refractivity contribution >= 4 is 56.7 Å². The van der Waals surface area contributed by atoms with E-state index in [2.05, 4.69) is 5.32 Å². The first-order valence-corrected chi connectivity index (χ1v) is 12.3. The molecular weight excluding hydrogens is 522 g/mol. The lowest BCUT2D eigenvalue weighted by atomic mass is 10.1. The molecule has 1 N–H and O–H groups in total. The number of ether oxygens (including phenoxy) is 1. The molecule has 0 bridgehead atoms. The molecule has 1 saturated heterocycles. The summed E-state index contributed by atoms with van der Waals surface area (Å²) in [5, 5.41) is 13.2. The number of non-ortho nitro benzene ring substituents is 1. The molecule has 0 saturated carbocycles. The van der Waals surface area contributed by atoms with Gasteiger partial charge in [0.15, 0.2) is 5.11 Å². The molecule has 0 atom stereocenters. The summed E-state index contributed by atoms with van der Waals surface area (Å²) in [4.78, 5) is 36.8. The lowest BCUT2D eigenvalue weighted by Crippen LogP contribution is -2.54. The maximum Gasteiger partial charge on any atom is 0.339 e. The van der Waals surface area contributed by atoms with Crippen LogP contribution in [-0.4, -0.2) is 37.4 Å². The van der Waals surface area contributed by atoms with Crippen LogP contribution in [-0.2, 0) is 19.7 Å². The Morgan fingerprint density at radius 2 is 1.68 bits per heavy atom. The normalized spacial score (nSPS) is 14.9. The summed E-state index contributed by atoms with van der Waals surface area (Å²) in [7, 11) is -2.81. The molecule has 0 aliphatic carbocycles. The number of methoxy groups -OCH3 is 1. The van der Waals surface area contributed by atoms with Crippen molar-refractivity contribution in [2.24, 2.45) is 0 Å². The smallest absolute Gasteiger partial charge is 0.339 e. The highest BCUT2D eigenvalue weighted by atomic mass is 32.2. The number of rotatable bonds is 7. The van der Waals surface area contributed by atoms with Gasteiger partial charge in [-0.3, -0.25) is 29.9 Å².